The molecule has 0 aliphatic rings. The minimum atomic E-state index is -1.10. The number of nitrogens with one attached hydrogen (secondary N) is 1. The Balaban J connectivity index is 1.83. The van der Waals surface area contributed by atoms with Crippen LogP contribution in [0.15, 0.2) is 55.0 Å². The Bertz CT molecular complexity index is 1330. The van der Waals surface area contributed by atoms with E-state index in [9.17, 15) is 14.3 Å². The zero-order valence-electron chi connectivity index (χ0n) is 18.9. The summed E-state index contributed by atoms with van der Waals surface area (Å²) in [5, 5.41) is 17.3. The van der Waals surface area contributed by atoms with Gasteiger partial charge in [-0.2, -0.15) is 5.10 Å². The molecular weight excluding hydrogens is 423 g/mol. The maximum atomic E-state index is 14.4. The van der Waals surface area contributed by atoms with Gasteiger partial charge in [-0.05, 0) is 50.2 Å². The standard InChI is InChI=1S/C24H25FN6O2/c1-24(2,33)14-31(19-8-15(23(32)26-3)7-17(25)9-19)18-5-6-20-21(10-18)29-22(12-27-20)16-11-28-30(4)13-16/h5-13,33H,14H2,1-4H3,(H,26,32). The number of benzene rings is 2. The Morgan fingerprint density at radius 1 is 1.15 bits per heavy atom. The number of hydrogen-bond acceptors (Lipinski definition) is 6. The SMILES string of the molecule is CNC(=O)c1cc(F)cc(N(CC(C)(C)O)c2ccc3ncc(-c4cnn(C)c4)nc3c2)c1. The fraction of sp³-hybridized carbons (Fsp3) is 0.250. The van der Waals surface area contributed by atoms with Crippen LogP contribution in [0.2, 0.25) is 0 Å². The van der Waals surface area contributed by atoms with Gasteiger partial charge in [0.25, 0.3) is 5.91 Å². The molecule has 0 fully saturated rings. The topological polar surface area (TPSA) is 96.2 Å². The normalized spacial score (nSPS) is 11.6. The van der Waals surface area contributed by atoms with Crippen molar-refractivity contribution in [1.82, 2.24) is 25.1 Å². The molecule has 2 N–H and O–H groups in total. The monoisotopic (exact) mass is 448 g/mol. The second-order valence-electron chi connectivity index (χ2n) is 8.51. The van der Waals surface area contributed by atoms with Crippen LogP contribution in [-0.4, -0.2) is 50.0 Å². The number of fused-ring (bicyclic) bond motifs is 1. The molecule has 0 bridgehead atoms. The van der Waals surface area contributed by atoms with Crippen molar-refractivity contribution in [1.29, 1.82) is 0 Å². The maximum Gasteiger partial charge on any atom is 0.251 e. The lowest BCUT2D eigenvalue weighted by atomic mass is 10.1. The summed E-state index contributed by atoms with van der Waals surface area (Å²) in [6.07, 6.45) is 5.26. The summed E-state index contributed by atoms with van der Waals surface area (Å²) in [6, 6.07) is 9.59. The van der Waals surface area contributed by atoms with Crippen LogP contribution in [0.5, 0.6) is 0 Å². The summed E-state index contributed by atoms with van der Waals surface area (Å²) in [6.45, 7) is 3.49. The molecule has 0 unspecified atom stereocenters. The van der Waals surface area contributed by atoms with E-state index in [1.54, 1.807) is 41.9 Å². The molecule has 0 saturated heterocycles. The molecule has 0 atom stereocenters. The summed E-state index contributed by atoms with van der Waals surface area (Å²) in [5.74, 6) is -0.948. The predicted molar refractivity (Wildman–Crippen MR) is 125 cm³/mol. The minimum Gasteiger partial charge on any atom is -0.389 e. The molecule has 4 aromatic rings. The molecule has 8 nitrogen and oxygen atoms in total. The second-order valence-corrected chi connectivity index (χ2v) is 8.51. The molecule has 1 amide bonds. The molecule has 9 heteroatoms. The number of aryl methyl sites for hydroxylation is 1. The molecule has 0 saturated carbocycles. The van der Waals surface area contributed by atoms with Crippen LogP contribution in [0.1, 0.15) is 24.2 Å². The highest BCUT2D eigenvalue weighted by Gasteiger charge is 2.22. The Morgan fingerprint density at radius 3 is 2.61 bits per heavy atom. The highest BCUT2D eigenvalue weighted by molar-refractivity contribution is 5.95. The number of rotatable bonds is 6. The molecule has 4 rings (SSSR count). The fourth-order valence-electron chi connectivity index (χ4n) is 3.58. The van der Waals surface area contributed by atoms with Crippen LogP contribution in [0.3, 0.4) is 0 Å². The quantitative estimate of drug-likeness (QED) is 0.469. The van der Waals surface area contributed by atoms with Crippen molar-refractivity contribution in [3.63, 3.8) is 0 Å². The van der Waals surface area contributed by atoms with Crippen molar-refractivity contribution >= 4 is 28.3 Å². The smallest absolute Gasteiger partial charge is 0.251 e. The first kappa shape index (κ1) is 22.3. The van der Waals surface area contributed by atoms with Crippen LogP contribution in [-0.2, 0) is 7.05 Å². The van der Waals surface area contributed by atoms with Crippen LogP contribution >= 0.6 is 0 Å². The molecule has 0 radical (unpaired) electrons. The zero-order valence-corrected chi connectivity index (χ0v) is 18.9. The number of aliphatic hydroxyl groups is 1. The number of amides is 1. The third kappa shape index (κ3) is 4.98. The van der Waals surface area contributed by atoms with Crippen LogP contribution < -0.4 is 10.2 Å². The Labute approximate surface area is 190 Å². The van der Waals surface area contributed by atoms with Gasteiger partial charge in [0, 0.05) is 42.8 Å². The molecule has 2 aromatic heterocycles. The van der Waals surface area contributed by atoms with E-state index in [2.05, 4.69) is 15.4 Å². The third-order valence-electron chi connectivity index (χ3n) is 5.07. The average Bonchev–Trinajstić information content (AvgIpc) is 3.21. The van der Waals surface area contributed by atoms with Crippen LogP contribution in [0.25, 0.3) is 22.3 Å². The van der Waals surface area contributed by atoms with E-state index in [1.807, 2.05) is 31.4 Å². The molecule has 2 heterocycles. The van der Waals surface area contributed by atoms with E-state index in [0.717, 1.165) is 5.56 Å². The van der Waals surface area contributed by atoms with Gasteiger partial charge in [0.2, 0.25) is 0 Å². The van der Waals surface area contributed by atoms with Crippen LogP contribution in [0.4, 0.5) is 15.8 Å². The van der Waals surface area contributed by atoms with Crippen molar-refractivity contribution in [3.8, 4) is 11.3 Å². The second kappa shape index (κ2) is 8.59. The number of halogens is 1. The summed E-state index contributed by atoms with van der Waals surface area (Å²) in [5.41, 5.74) is 3.05. The molecule has 0 spiro atoms. The molecule has 33 heavy (non-hydrogen) atoms. The van der Waals surface area contributed by atoms with E-state index in [4.69, 9.17) is 4.98 Å². The predicted octanol–water partition coefficient (Wildman–Crippen LogP) is 3.44. The number of carbonyl (C=O) groups excluding carboxylic acids is 1. The lowest BCUT2D eigenvalue weighted by Crippen LogP contribution is -2.36. The summed E-state index contributed by atoms with van der Waals surface area (Å²) in [7, 11) is 3.32. The van der Waals surface area contributed by atoms with Gasteiger partial charge in [0.05, 0.1) is 41.3 Å². The Hall–Kier alpha value is -3.85. The van der Waals surface area contributed by atoms with Crippen LogP contribution in [0, 0.1) is 5.82 Å². The summed E-state index contributed by atoms with van der Waals surface area (Å²) >= 11 is 0. The number of carbonyl (C=O) groups is 1. The van der Waals surface area contributed by atoms with Crippen molar-refractivity contribution < 1.29 is 14.3 Å². The minimum absolute atomic E-state index is 0.158. The lowest BCUT2D eigenvalue weighted by molar-refractivity contribution is 0.0898. The molecule has 0 aliphatic carbocycles. The summed E-state index contributed by atoms with van der Waals surface area (Å²) in [4.78, 5) is 23.1. The number of aromatic nitrogens is 4. The van der Waals surface area contributed by atoms with Gasteiger partial charge >= 0.3 is 0 Å². The Morgan fingerprint density at radius 2 is 1.94 bits per heavy atom. The van der Waals surface area contributed by atoms with E-state index < -0.39 is 17.3 Å². The van der Waals surface area contributed by atoms with Gasteiger partial charge in [0.15, 0.2) is 0 Å². The maximum absolute atomic E-state index is 14.4. The van der Waals surface area contributed by atoms with Gasteiger partial charge in [-0.1, -0.05) is 0 Å². The third-order valence-corrected chi connectivity index (χ3v) is 5.07. The van der Waals surface area contributed by atoms with Gasteiger partial charge in [0.1, 0.15) is 5.82 Å². The number of hydrogen-bond donors (Lipinski definition) is 2. The lowest BCUT2D eigenvalue weighted by Gasteiger charge is -2.31. The fourth-order valence-corrected chi connectivity index (χ4v) is 3.58. The molecule has 170 valence electrons. The van der Waals surface area contributed by atoms with Crippen molar-refractivity contribution in [2.75, 3.05) is 18.5 Å². The van der Waals surface area contributed by atoms with Gasteiger partial charge in [-0.15, -0.1) is 0 Å². The van der Waals surface area contributed by atoms with E-state index in [-0.39, 0.29) is 12.1 Å². The zero-order chi connectivity index (χ0) is 23.8. The average molecular weight is 449 g/mol. The largest absolute Gasteiger partial charge is 0.389 e. The van der Waals surface area contributed by atoms with Gasteiger partial charge in [-0.3, -0.25) is 14.5 Å². The number of nitrogens with zero attached hydrogens (tertiary/aromatic N) is 5. The highest BCUT2D eigenvalue weighted by Crippen LogP contribution is 2.31. The first-order chi connectivity index (χ1) is 15.6. The summed E-state index contributed by atoms with van der Waals surface area (Å²) < 4.78 is 16.1. The molecular formula is C24H25FN6O2. The van der Waals surface area contributed by atoms with Gasteiger partial charge in [-0.25, -0.2) is 9.37 Å². The van der Waals surface area contributed by atoms with E-state index >= 15 is 0 Å². The first-order valence-corrected chi connectivity index (χ1v) is 10.4. The van der Waals surface area contributed by atoms with Crippen molar-refractivity contribution in [3.05, 3.63) is 66.4 Å². The van der Waals surface area contributed by atoms with E-state index in [1.165, 1.54) is 19.2 Å². The van der Waals surface area contributed by atoms with E-state index in [0.29, 0.717) is 28.1 Å². The number of anilines is 2. The first-order valence-electron chi connectivity index (χ1n) is 10.4. The highest BCUT2D eigenvalue weighted by atomic mass is 19.1. The molecule has 0 aliphatic heterocycles. The van der Waals surface area contributed by atoms with Gasteiger partial charge < -0.3 is 15.3 Å². The van der Waals surface area contributed by atoms with Crippen molar-refractivity contribution in [2.45, 2.75) is 19.4 Å². The van der Waals surface area contributed by atoms with Crippen molar-refractivity contribution in [2.24, 2.45) is 7.05 Å². The molecule has 2 aromatic carbocycles. The Kier molecular flexibility index (Phi) is 5.82.